The van der Waals surface area contributed by atoms with Gasteiger partial charge >= 0.3 is 0 Å². The predicted molar refractivity (Wildman–Crippen MR) is 76.5 cm³/mol. The number of aryl methyl sites for hydroxylation is 2. The number of nitrogens with one attached hydrogen (secondary N) is 1. The van der Waals surface area contributed by atoms with Crippen molar-refractivity contribution in [2.45, 2.75) is 39.0 Å². The Morgan fingerprint density at radius 1 is 1.25 bits per heavy atom. The summed E-state index contributed by atoms with van der Waals surface area (Å²) in [5, 5.41) is 7.49. The molecule has 0 aliphatic carbocycles. The summed E-state index contributed by atoms with van der Waals surface area (Å²) in [7, 11) is 0. The van der Waals surface area contributed by atoms with Crippen LogP contribution in [0.4, 0.5) is 0 Å². The average molecular weight is 272 g/mol. The summed E-state index contributed by atoms with van der Waals surface area (Å²) in [5.74, 6) is 1.33. The number of hydrogen-bond donors (Lipinski definition) is 1. The summed E-state index contributed by atoms with van der Waals surface area (Å²) in [4.78, 5) is 9.03. The van der Waals surface area contributed by atoms with Gasteiger partial charge in [-0.25, -0.2) is 0 Å². The van der Waals surface area contributed by atoms with Crippen LogP contribution in [0.5, 0.6) is 0 Å². The molecule has 1 N–H and O–H groups in total. The molecule has 106 valence electrons. The van der Waals surface area contributed by atoms with Crippen molar-refractivity contribution >= 4 is 0 Å². The maximum atomic E-state index is 5.52. The van der Waals surface area contributed by atoms with Gasteiger partial charge in [-0.3, -0.25) is 4.98 Å². The molecule has 0 atom stereocenters. The number of nitrogens with zero attached hydrogens (tertiary/aromatic N) is 3. The molecule has 0 unspecified atom stereocenters. The predicted octanol–water partition coefficient (Wildman–Crippen LogP) is 2.39. The van der Waals surface area contributed by atoms with Crippen LogP contribution in [-0.4, -0.2) is 28.2 Å². The third-order valence-corrected chi connectivity index (χ3v) is 4.08. The fourth-order valence-electron chi connectivity index (χ4n) is 2.71. The second-order valence-corrected chi connectivity index (χ2v) is 5.91. The topological polar surface area (TPSA) is 63.8 Å². The first-order valence-corrected chi connectivity index (χ1v) is 7.07. The molecule has 0 radical (unpaired) electrons. The van der Waals surface area contributed by atoms with Crippen molar-refractivity contribution in [2.24, 2.45) is 0 Å². The van der Waals surface area contributed by atoms with Crippen LogP contribution in [0.1, 0.15) is 36.8 Å². The zero-order valence-electron chi connectivity index (χ0n) is 12.2. The molecule has 0 saturated carbocycles. The van der Waals surface area contributed by atoms with E-state index < -0.39 is 0 Å². The Labute approximate surface area is 118 Å². The summed E-state index contributed by atoms with van der Waals surface area (Å²) in [6.45, 7) is 8.24. The largest absolute Gasteiger partial charge is 0.338 e. The van der Waals surface area contributed by atoms with Gasteiger partial charge in [-0.2, -0.15) is 4.98 Å². The van der Waals surface area contributed by atoms with Crippen molar-refractivity contribution < 1.29 is 4.52 Å². The van der Waals surface area contributed by atoms with Gasteiger partial charge in [-0.1, -0.05) is 18.1 Å². The highest BCUT2D eigenvalue weighted by atomic mass is 16.5. The zero-order valence-corrected chi connectivity index (χ0v) is 12.2. The van der Waals surface area contributed by atoms with Crippen LogP contribution in [0.3, 0.4) is 0 Å². The zero-order chi connectivity index (χ0) is 14.2. The molecule has 5 nitrogen and oxygen atoms in total. The van der Waals surface area contributed by atoms with Crippen molar-refractivity contribution in [1.82, 2.24) is 20.4 Å². The second-order valence-electron chi connectivity index (χ2n) is 5.91. The summed E-state index contributed by atoms with van der Waals surface area (Å²) in [6.07, 6.45) is 3.88. The lowest BCUT2D eigenvalue weighted by Gasteiger charge is -2.30. The lowest BCUT2D eigenvalue weighted by atomic mass is 9.81. The molecule has 0 bridgehead atoms. The standard InChI is InChI=1S/C15H20N4O/c1-10-8-11(2)12(17-9-10)13-18-14(20-19-13)15(3)4-6-16-7-5-15/h8-9,16H,4-7H2,1-3H3. The summed E-state index contributed by atoms with van der Waals surface area (Å²) in [5.41, 5.74) is 3.01. The molecule has 1 aliphatic rings. The smallest absolute Gasteiger partial charge is 0.233 e. The number of piperidine rings is 1. The minimum absolute atomic E-state index is 0.0187. The Morgan fingerprint density at radius 3 is 2.70 bits per heavy atom. The second kappa shape index (κ2) is 4.98. The fourth-order valence-corrected chi connectivity index (χ4v) is 2.71. The summed E-state index contributed by atoms with van der Waals surface area (Å²) < 4.78 is 5.52. The van der Waals surface area contributed by atoms with Crippen LogP contribution in [0.25, 0.3) is 11.5 Å². The highest BCUT2D eigenvalue weighted by Crippen LogP contribution is 2.32. The summed E-state index contributed by atoms with van der Waals surface area (Å²) in [6, 6.07) is 2.09. The molecule has 0 spiro atoms. The molecular formula is C15H20N4O. The SMILES string of the molecule is Cc1cnc(-c2noc(C3(C)CCNCC3)n2)c(C)c1. The van der Waals surface area contributed by atoms with Gasteiger partial charge in [0.15, 0.2) is 0 Å². The van der Waals surface area contributed by atoms with Gasteiger partial charge < -0.3 is 9.84 Å². The van der Waals surface area contributed by atoms with Crippen LogP contribution in [-0.2, 0) is 5.41 Å². The van der Waals surface area contributed by atoms with Gasteiger partial charge in [0, 0.05) is 11.6 Å². The minimum atomic E-state index is -0.0187. The van der Waals surface area contributed by atoms with E-state index in [1.807, 2.05) is 20.0 Å². The third-order valence-electron chi connectivity index (χ3n) is 4.08. The number of pyridine rings is 1. The van der Waals surface area contributed by atoms with E-state index in [0.717, 1.165) is 48.6 Å². The molecule has 1 saturated heterocycles. The maximum Gasteiger partial charge on any atom is 0.233 e. The number of aromatic nitrogens is 3. The molecule has 1 fully saturated rings. The Hall–Kier alpha value is -1.75. The van der Waals surface area contributed by atoms with Crippen LogP contribution in [0.15, 0.2) is 16.8 Å². The van der Waals surface area contributed by atoms with Gasteiger partial charge in [0.25, 0.3) is 0 Å². The molecule has 1 aliphatic heterocycles. The van der Waals surface area contributed by atoms with Crippen molar-refractivity contribution in [3.05, 3.63) is 29.3 Å². The summed E-state index contributed by atoms with van der Waals surface area (Å²) >= 11 is 0. The quantitative estimate of drug-likeness (QED) is 0.909. The van der Waals surface area contributed by atoms with E-state index in [0.29, 0.717) is 5.82 Å². The van der Waals surface area contributed by atoms with Crippen LogP contribution >= 0.6 is 0 Å². The van der Waals surface area contributed by atoms with Crippen molar-refractivity contribution in [2.75, 3.05) is 13.1 Å². The Morgan fingerprint density at radius 2 is 2.00 bits per heavy atom. The maximum absolute atomic E-state index is 5.52. The van der Waals surface area contributed by atoms with Crippen molar-refractivity contribution in [3.63, 3.8) is 0 Å². The Balaban J connectivity index is 1.93. The molecule has 2 aromatic heterocycles. The van der Waals surface area contributed by atoms with E-state index in [-0.39, 0.29) is 5.41 Å². The molecule has 5 heteroatoms. The van der Waals surface area contributed by atoms with E-state index in [1.165, 1.54) is 0 Å². The van der Waals surface area contributed by atoms with Gasteiger partial charge in [-0.05, 0) is 50.9 Å². The first-order valence-electron chi connectivity index (χ1n) is 7.07. The fraction of sp³-hybridized carbons (Fsp3) is 0.533. The van der Waals surface area contributed by atoms with E-state index in [1.54, 1.807) is 0 Å². The van der Waals surface area contributed by atoms with Crippen LogP contribution < -0.4 is 5.32 Å². The first kappa shape index (κ1) is 13.2. The molecule has 0 aromatic carbocycles. The molecule has 3 rings (SSSR count). The molecule has 0 amide bonds. The van der Waals surface area contributed by atoms with Crippen LogP contribution in [0, 0.1) is 13.8 Å². The minimum Gasteiger partial charge on any atom is -0.338 e. The normalized spacial score (nSPS) is 18.1. The van der Waals surface area contributed by atoms with Gasteiger partial charge in [0.05, 0.1) is 0 Å². The van der Waals surface area contributed by atoms with E-state index in [4.69, 9.17) is 4.52 Å². The van der Waals surface area contributed by atoms with Gasteiger partial charge in [0.1, 0.15) is 5.69 Å². The van der Waals surface area contributed by atoms with E-state index >= 15 is 0 Å². The number of rotatable bonds is 2. The van der Waals surface area contributed by atoms with Gasteiger partial charge in [-0.15, -0.1) is 0 Å². The lowest BCUT2D eigenvalue weighted by Crippen LogP contribution is -2.37. The van der Waals surface area contributed by atoms with E-state index in [9.17, 15) is 0 Å². The van der Waals surface area contributed by atoms with Crippen LogP contribution in [0.2, 0.25) is 0 Å². The first-order chi connectivity index (χ1) is 9.58. The van der Waals surface area contributed by atoms with Gasteiger partial charge in [0.2, 0.25) is 11.7 Å². The highest BCUT2D eigenvalue weighted by Gasteiger charge is 2.34. The van der Waals surface area contributed by atoms with Crippen molar-refractivity contribution in [1.29, 1.82) is 0 Å². The van der Waals surface area contributed by atoms with Crippen molar-refractivity contribution in [3.8, 4) is 11.5 Å². The van der Waals surface area contributed by atoms with E-state index in [2.05, 4.69) is 33.4 Å². The monoisotopic (exact) mass is 272 g/mol. The molecular weight excluding hydrogens is 252 g/mol. The highest BCUT2D eigenvalue weighted by molar-refractivity contribution is 5.54. The third kappa shape index (κ3) is 2.33. The Bertz CT molecular complexity index is 614. The average Bonchev–Trinajstić information content (AvgIpc) is 2.90. The lowest BCUT2D eigenvalue weighted by molar-refractivity contribution is 0.241. The Kier molecular flexibility index (Phi) is 3.30. The number of hydrogen-bond acceptors (Lipinski definition) is 5. The molecule has 2 aromatic rings. The molecule has 3 heterocycles. The molecule has 20 heavy (non-hydrogen) atoms.